The predicted octanol–water partition coefficient (Wildman–Crippen LogP) is 8.23. The van der Waals surface area contributed by atoms with Gasteiger partial charge < -0.3 is 0 Å². The van der Waals surface area contributed by atoms with Crippen molar-refractivity contribution in [2.45, 2.75) is 40.5 Å². The molecular formula is C26H30N2. The predicted molar refractivity (Wildman–Crippen MR) is 122 cm³/mol. The van der Waals surface area contributed by atoms with E-state index < -0.39 is 0 Å². The summed E-state index contributed by atoms with van der Waals surface area (Å²) in [5.74, 6) is 0. The Kier molecular flexibility index (Phi) is 8.87. The summed E-state index contributed by atoms with van der Waals surface area (Å²) in [6.07, 6.45) is 14.6. The number of allylic oxidation sites excluding steroid dienone is 8. The lowest BCUT2D eigenvalue weighted by Crippen LogP contribution is -1.87. The summed E-state index contributed by atoms with van der Waals surface area (Å²) in [7, 11) is 0. The normalized spacial score (nSPS) is 13.3. The molecule has 2 nitrogen and oxygen atoms in total. The second kappa shape index (κ2) is 11.7. The van der Waals surface area contributed by atoms with E-state index in [1.165, 1.54) is 22.3 Å². The minimum Gasteiger partial charge on any atom is -0.151 e. The van der Waals surface area contributed by atoms with Crippen molar-refractivity contribution in [2.75, 3.05) is 0 Å². The van der Waals surface area contributed by atoms with Crippen molar-refractivity contribution in [1.29, 1.82) is 0 Å². The lowest BCUT2D eigenvalue weighted by Gasteiger charge is -2.03. The van der Waals surface area contributed by atoms with Crippen molar-refractivity contribution < 1.29 is 0 Å². The second-order valence-corrected chi connectivity index (χ2v) is 6.61. The van der Waals surface area contributed by atoms with Crippen molar-refractivity contribution in [2.24, 2.45) is 10.2 Å². The van der Waals surface area contributed by atoms with Gasteiger partial charge in [0.1, 0.15) is 0 Å². The zero-order valence-electron chi connectivity index (χ0n) is 17.4. The van der Waals surface area contributed by atoms with Crippen molar-refractivity contribution >= 4 is 11.4 Å². The zero-order chi connectivity index (χ0) is 20.2. The van der Waals surface area contributed by atoms with Gasteiger partial charge in [-0.2, -0.15) is 10.2 Å². The van der Waals surface area contributed by atoms with Crippen LogP contribution < -0.4 is 0 Å². The Morgan fingerprint density at radius 3 is 1.25 bits per heavy atom. The molecule has 0 aliphatic carbocycles. The Hall–Kier alpha value is -3.00. The minimum absolute atomic E-state index is 0.866. The fourth-order valence-electron chi connectivity index (χ4n) is 2.89. The minimum atomic E-state index is 0.866. The highest BCUT2D eigenvalue weighted by molar-refractivity contribution is 5.43. The number of hydrogen-bond acceptors (Lipinski definition) is 2. The molecule has 2 rings (SSSR count). The lowest BCUT2D eigenvalue weighted by molar-refractivity contribution is 1.16. The smallest absolute Gasteiger partial charge is 0.0857 e. The molecule has 0 spiro atoms. The van der Waals surface area contributed by atoms with Gasteiger partial charge in [0.25, 0.3) is 0 Å². The molecule has 0 saturated carbocycles. The van der Waals surface area contributed by atoms with E-state index in [4.69, 9.17) is 0 Å². The molecule has 0 bridgehead atoms. The van der Waals surface area contributed by atoms with Crippen LogP contribution in [0.1, 0.15) is 38.8 Å². The summed E-state index contributed by atoms with van der Waals surface area (Å²) in [5.41, 5.74) is 6.90. The van der Waals surface area contributed by atoms with Crippen molar-refractivity contribution in [3.63, 3.8) is 0 Å². The quantitative estimate of drug-likeness (QED) is 0.330. The fourth-order valence-corrected chi connectivity index (χ4v) is 2.89. The molecule has 0 atom stereocenters. The van der Waals surface area contributed by atoms with Crippen LogP contribution in [0.15, 0.2) is 106 Å². The van der Waals surface area contributed by atoms with Crippen LogP contribution >= 0.6 is 0 Å². The van der Waals surface area contributed by atoms with Crippen LogP contribution in [0.25, 0.3) is 0 Å². The standard InChI is InChI=1S/C26H30N2/c1-5-9-21(7-3)19-23-11-15-25(16-12-23)27-28-26-17-13-24(14-18-26)20-22(8-4)10-6-2/h5-18H,19-20H2,1-4H3/b9-5-,10-6-,21-7+,22-8+,28-27?. The van der Waals surface area contributed by atoms with E-state index in [9.17, 15) is 0 Å². The third-order valence-corrected chi connectivity index (χ3v) is 4.47. The van der Waals surface area contributed by atoms with Gasteiger partial charge >= 0.3 is 0 Å². The molecular weight excluding hydrogens is 340 g/mol. The van der Waals surface area contributed by atoms with Crippen LogP contribution in [-0.2, 0) is 12.8 Å². The van der Waals surface area contributed by atoms with E-state index in [-0.39, 0.29) is 0 Å². The maximum atomic E-state index is 4.36. The van der Waals surface area contributed by atoms with Crippen LogP contribution in [0.2, 0.25) is 0 Å². The van der Waals surface area contributed by atoms with Gasteiger partial charge in [-0.25, -0.2) is 0 Å². The Bertz CT molecular complexity index is 802. The highest BCUT2D eigenvalue weighted by Gasteiger charge is 1.99. The van der Waals surface area contributed by atoms with E-state index in [2.05, 4.69) is 84.8 Å². The molecule has 2 heteroatoms. The van der Waals surface area contributed by atoms with Crippen molar-refractivity contribution in [1.82, 2.24) is 0 Å². The first-order chi connectivity index (χ1) is 13.7. The van der Waals surface area contributed by atoms with E-state index in [1.54, 1.807) is 0 Å². The van der Waals surface area contributed by atoms with Crippen molar-refractivity contribution in [3.05, 3.63) is 107 Å². The van der Waals surface area contributed by atoms with E-state index in [0.717, 1.165) is 24.2 Å². The Labute approximate surface area is 169 Å². The summed E-state index contributed by atoms with van der Waals surface area (Å²) in [4.78, 5) is 0. The molecule has 0 unspecified atom stereocenters. The molecule has 0 fully saturated rings. The number of benzene rings is 2. The zero-order valence-corrected chi connectivity index (χ0v) is 17.4. The molecule has 0 aromatic heterocycles. The molecule has 28 heavy (non-hydrogen) atoms. The molecule has 2 aromatic carbocycles. The van der Waals surface area contributed by atoms with E-state index in [0.29, 0.717) is 0 Å². The van der Waals surface area contributed by atoms with Crippen LogP contribution in [-0.4, -0.2) is 0 Å². The van der Waals surface area contributed by atoms with E-state index in [1.807, 2.05) is 38.1 Å². The first kappa shape index (κ1) is 21.3. The molecule has 0 aliphatic heterocycles. The lowest BCUT2D eigenvalue weighted by atomic mass is 10.0. The number of nitrogens with zero attached hydrogens (tertiary/aromatic N) is 2. The monoisotopic (exact) mass is 370 g/mol. The Morgan fingerprint density at radius 1 is 0.607 bits per heavy atom. The molecule has 144 valence electrons. The first-order valence-electron chi connectivity index (χ1n) is 9.83. The van der Waals surface area contributed by atoms with Gasteiger partial charge in [0.05, 0.1) is 11.4 Å². The van der Waals surface area contributed by atoms with Crippen molar-refractivity contribution in [3.8, 4) is 0 Å². The first-order valence-corrected chi connectivity index (χ1v) is 9.83. The molecule has 2 aromatic rings. The molecule has 0 saturated heterocycles. The molecule has 0 aliphatic rings. The Morgan fingerprint density at radius 2 is 0.964 bits per heavy atom. The summed E-state index contributed by atoms with van der Waals surface area (Å²) in [6.45, 7) is 8.23. The molecule has 0 amide bonds. The molecule has 0 radical (unpaired) electrons. The number of rotatable bonds is 8. The highest BCUT2D eigenvalue weighted by atomic mass is 15.1. The van der Waals surface area contributed by atoms with Gasteiger partial charge in [-0.05, 0) is 87.1 Å². The third-order valence-electron chi connectivity index (χ3n) is 4.47. The van der Waals surface area contributed by atoms with Gasteiger partial charge in [-0.1, -0.05) is 60.7 Å². The summed E-state index contributed by atoms with van der Waals surface area (Å²) >= 11 is 0. The van der Waals surface area contributed by atoms with Crippen LogP contribution in [0.4, 0.5) is 11.4 Å². The second-order valence-electron chi connectivity index (χ2n) is 6.61. The third kappa shape index (κ3) is 6.96. The van der Waals surface area contributed by atoms with E-state index >= 15 is 0 Å². The molecule has 0 N–H and O–H groups in total. The van der Waals surface area contributed by atoms with Gasteiger partial charge in [0, 0.05) is 0 Å². The topological polar surface area (TPSA) is 24.7 Å². The number of azo groups is 1. The van der Waals surface area contributed by atoms with Gasteiger partial charge in [0.2, 0.25) is 0 Å². The maximum Gasteiger partial charge on any atom is 0.0857 e. The molecule has 0 heterocycles. The maximum absolute atomic E-state index is 4.36. The van der Waals surface area contributed by atoms with Crippen LogP contribution in [0.5, 0.6) is 0 Å². The fraction of sp³-hybridized carbons (Fsp3) is 0.231. The summed E-state index contributed by atoms with van der Waals surface area (Å²) in [5, 5.41) is 8.73. The average Bonchev–Trinajstić information content (AvgIpc) is 2.73. The average molecular weight is 371 g/mol. The number of hydrogen-bond donors (Lipinski definition) is 0. The SMILES string of the molecule is C/C=C\C(=C/C)Cc1ccc(N=Nc2ccc(CC(/C=C\C)=C/C)cc2)cc1. The van der Waals surface area contributed by atoms with Crippen LogP contribution in [0, 0.1) is 0 Å². The van der Waals surface area contributed by atoms with Gasteiger partial charge in [-0.15, -0.1) is 0 Å². The summed E-state index contributed by atoms with van der Waals surface area (Å²) in [6, 6.07) is 16.5. The largest absolute Gasteiger partial charge is 0.151 e. The van der Waals surface area contributed by atoms with Gasteiger partial charge in [0.15, 0.2) is 0 Å². The van der Waals surface area contributed by atoms with Gasteiger partial charge in [-0.3, -0.25) is 0 Å². The van der Waals surface area contributed by atoms with Crippen LogP contribution in [0.3, 0.4) is 0 Å². The highest BCUT2D eigenvalue weighted by Crippen LogP contribution is 2.21. The Balaban J connectivity index is 1.99. The summed E-state index contributed by atoms with van der Waals surface area (Å²) < 4.78 is 0.